The van der Waals surface area contributed by atoms with Crippen molar-refractivity contribution in [2.45, 2.75) is 32.7 Å². The molecule has 0 bridgehead atoms. The van der Waals surface area contributed by atoms with Crippen LogP contribution in [0, 0.1) is 0 Å². The lowest BCUT2D eigenvalue weighted by Gasteiger charge is -2.24. The normalized spacial score (nSPS) is 16.2. The third-order valence-corrected chi connectivity index (χ3v) is 6.75. The van der Waals surface area contributed by atoms with E-state index in [4.69, 9.17) is 16.3 Å². The topological polar surface area (TPSA) is 60.7 Å². The highest BCUT2D eigenvalue weighted by Gasteiger charge is 2.33. The fraction of sp³-hybridized carbons (Fsp3) is 0.240. The number of halogens is 1. The highest BCUT2D eigenvalue weighted by molar-refractivity contribution is 7.07. The maximum absolute atomic E-state index is 13.5. The third-order valence-electron chi connectivity index (χ3n) is 5.51. The van der Waals surface area contributed by atoms with Crippen LogP contribution in [0.1, 0.15) is 49.4 Å². The summed E-state index contributed by atoms with van der Waals surface area (Å²) in [4.78, 5) is 31.2. The quantitative estimate of drug-likeness (QED) is 0.542. The van der Waals surface area contributed by atoms with Crippen molar-refractivity contribution in [3.8, 4) is 0 Å². The number of methoxy groups -OCH3 is 1. The van der Waals surface area contributed by atoms with Gasteiger partial charge in [-0.05, 0) is 47.7 Å². The number of carbonyl (C=O) groups is 1. The maximum Gasteiger partial charge on any atom is 0.338 e. The minimum Gasteiger partial charge on any atom is -0.466 e. The number of thiazole rings is 1. The second kappa shape index (κ2) is 8.88. The summed E-state index contributed by atoms with van der Waals surface area (Å²) in [6.07, 6.45) is 1.87. The molecular formula is C25H23ClN2O3S. The number of ether oxygens (including phenoxy) is 1. The van der Waals surface area contributed by atoms with Crippen molar-refractivity contribution in [2.75, 3.05) is 7.11 Å². The van der Waals surface area contributed by atoms with Gasteiger partial charge in [-0.2, -0.15) is 0 Å². The van der Waals surface area contributed by atoms with Crippen molar-refractivity contribution in [2.24, 2.45) is 4.99 Å². The molecule has 0 aliphatic carbocycles. The molecule has 5 nitrogen and oxygen atoms in total. The summed E-state index contributed by atoms with van der Waals surface area (Å²) in [7, 11) is 1.33. The molecule has 0 amide bonds. The molecule has 2 aromatic carbocycles. The van der Waals surface area contributed by atoms with E-state index in [0.29, 0.717) is 31.5 Å². The fourth-order valence-electron chi connectivity index (χ4n) is 3.78. The van der Waals surface area contributed by atoms with Crippen molar-refractivity contribution in [3.05, 3.63) is 101 Å². The minimum atomic E-state index is -0.638. The van der Waals surface area contributed by atoms with Gasteiger partial charge in [0.25, 0.3) is 5.56 Å². The standard InChI is InChI=1S/C25H23ClN2O3S/c1-14(2)17-7-5-16(6-8-17)13-20-23(29)28-22(18-9-11-19(26)12-10-18)21(24(30)31-4)15(3)27-25(28)32-20/h5-14,22H,1-4H3/b20-13-/t22-/m0/s1. The van der Waals surface area contributed by atoms with Crippen LogP contribution in [0.2, 0.25) is 5.02 Å². The van der Waals surface area contributed by atoms with E-state index in [1.54, 1.807) is 23.6 Å². The van der Waals surface area contributed by atoms with Crippen LogP contribution in [0.15, 0.2) is 69.6 Å². The maximum atomic E-state index is 13.5. The average Bonchev–Trinajstić information content (AvgIpc) is 3.08. The largest absolute Gasteiger partial charge is 0.466 e. The fourth-order valence-corrected chi connectivity index (χ4v) is 4.95. The average molecular weight is 467 g/mol. The molecule has 7 heteroatoms. The van der Waals surface area contributed by atoms with Crippen LogP contribution in [-0.2, 0) is 9.53 Å². The summed E-state index contributed by atoms with van der Waals surface area (Å²) in [6, 6.07) is 14.6. The van der Waals surface area contributed by atoms with Crippen LogP contribution in [0.25, 0.3) is 6.08 Å². The zero-order valence-corrected chi connectivity index (χ0v) is 19.8. The number of fused-ring (bicyclic) bond motifs is 1. The Morgan fingerprint density at radius 2 is 1.81 bits per heavy atom. The van der Waals surface area contributed by atoms with Gasteiger partial charge in [-0.1, -0.05) is 73.2 Å². The second-order valence-corrected chi connectivity index (χ2v) is 9.39. The predicted octanol–water partition coefficient (Wildman–Crippen LogP) is 4.19. The number of allylic oxidation sites excluding steroid dienone is 1. The molecule has 0 saturated carbocycles. The van der Waals surface area contributed by atoms with Gasteiger partial charge in [0.15, 0.2) is 4.80 Å². The van der Waals surface area contributed by atoms with E-state index in [1.165, 1.54) is 24.0 Å². The zero-order valence-electron chi connectivity index (χ0n) is 18.3. The summed E-state index contributed by atoms with van der Waals surface area (Å²) in [6.45, 7) is 6.05. The molecular weight excluding hydrogens is 444 g/mol. The summed E-state index contributed by atoms with van der Waals surface area (Å²) in [5.41, 5.74) is 3.62. The van der Waals surface area contributed by atoms with Gasteiger partial charge in [0.05, 0.1) is 29.0 Å². The molecule has 2 heterocycles. The first-order valence-electron chi connectivity index (χ1n) is 10.3. The van der Waals surface area contributed by atoms with E-state index >= 15 is 0 Å². The van der Waals surface area contributed by atoms with E-state index in [0.717, 1.165) is 11.1 Å². The lowest BCUT2D eigenvalue weighted by Crippen LogP contribution is -2.39. The molecule has 0 saturated heterocycles. The minimum absolute atomic E-state index is 0.199. The number of aromatic nitrogens is 1. The first kappa shape index (κ1) is 22.2. The van der Waals surface area contributed by atoms with Gasteiger partial charge < -0.3 is 4.74 Å². The van der Waals surface area contributed by atoms with Crippen LogP contribution in [0.5, 0.6) is 0 Å². The van der Waals surface area contributed by atoms with Gasteiger partial charge in [-0.15, -0.1) is 0 Å². The molecule has 164 valence electrons. The monoisotopic (exact) mass is 466 g/mol. The Balaban J connectivity index is 1.91. The molecule has 4 rings (SSSR count). The molecule has 0 N–H and O–H groups in total. The van der Waals surface area contributed by atoms with Crippen LogP contribution in [0.4, 0.5) is 0 Å². The lowest BCUT2D eigenvalue weighted by atomic mass is 9.96. The Labute approximate surface area is 195 Å². The van der Waals surface area contributed by atoms with Gasteiger partial charge >= 0.3 is 5.97 Å². The third kappa shape index (κ3) is 4.08. The van der Waals surface area contributed by atoms with Crippen molar-refractivity contribution >= 4 is 35.0 Å². The molecule has 0 fully saturated rings. The lowest BCUT2D eigenvalue weighted by molar-refractivity contribution is -0.136. The Kier molecular flexibility index (Phi) is 6.17. The molecule has 0 unspecified atom stereocenters. The highest BCUT2D eigenvalue weighted by atomic mass is 35.5. The number of esters is 1. The smallest absolute Gasteiger partial charge is 0.338 e. The van der Waals surface area contributed by atoms with E-state index in [2.05, 4.69) is 31.0 Å². The van der Waals surface area contributed by atoms with E-state index in [-0.39, 0.29) is 5.56 Å². The van der Waals surface area contributed by atoms with Gasteiger partial charge in [-0.25, -0.2) is 9.79 Å². The van der Waals surface area contributed by atoms with Crippen molar-refractivity contribution < 1.29 is 9.53 Å². The molecule has 1 aromatic heterocycles. The number of hydrogen-bond donors (Lipinski definition) is 0. The molecule has 1 atom stereocenters. The summed E-state index contributed by atoms with van der Waals surface area (Å²) < 4.78 is 7.15. The van der Waals surface area contributed by atoms with E-state index < -0.39 is 12.0 Å². The Morgan fingerprint density at radius 1 is 1.16 bits per heavy atom. The number of carbonyl (C=O) groups excluding carboxylic acids is 1. The molecule has 0 radical (unpaired) electrons. The molecule has 0 spiro atoms. The van der Waals surface area contributed by atoms with E-state index in [1.807, 2.05) is 30.3 Å². The summed E-state index contributed by atoms with van der Waals surface area (Å²) in [5, 5.41) is 0.575. The second-order valence-electron chi connectivity index (χ2n) is 7.95. The van der Waals surface area contributed by atoms with Crippen LogP contribution in [-0.4, -0.2) is 17.6 Å². The van der Waals surface area contributed by atoms with Gasteiger partial charge in [0.2, 0.25) is 0 Å². The number of benzene rings is 2. The summed E-state index contributed by atoms with van der Waals surface area (Å²) >= 11 is 7.38. The van der Waals surface area contributed by atoms with Crippen molar-refractivity contribution in [1.82, 2.24) is 4.57 Å². The van der Waals surface area contributed by atoms with Crippen molar-refractivity contribution in [1.29, 1.82) is 0 Å². The zero-order chi connectivity index (χ0) is 23.0. The molecule has 3 aromatic rings. The van der Waals surface area contributed by atoms with Crippen LogP contribution in [0.3, 0.4) is 0 Å². The SMILES string of the molecule is COC(=O)C1=C(C)N=c2s/c(=C\c3ccc(C(C)C)cc3)c(=O)n2[C@H]1c1ccc(Cl)cc1. The predicted molar refractivity (Wildman–Crippen MR) is 128 cm³/mol. The van der Waals surface area contributed by atoms with Gasteiger partial charge in [0, 0.05) is 5.02 Å². The Morgan fingerprint density at radius 3 is 2.41 bits per heavy atom. The number of rotatable bonds is 4. The first-order chi connectivity index (χ1) is 15.3. The number of hydrogen-bond acceptors (Lipinski definition) is 5. The number of nitrogens with zero attached hydrogens (tertiary/aromatic N) is 2. The highest BCUT2D eigenvalue weighted by Crippen LogP contribution is 2.31. The van der Waals surface area contributed by atoms with E-state index in [9.17, 15) is 9.59 Å². The van der Waals surface area contributed by atoms with Gasteiger partial charge in [0.1, 0.15) is 0 Å². The molecule has 32 heavy (non-hydrogen) atoms. The molecule has 1 aliphatic rings. The molecule has 1 aliphatic heterocycles. The first-order valence-corrected chi connectivity index (χ1v) is 11.5. The Bertz CT molecular complexity index is 1380. The van der Waals surface area contributed by atoms with Crippen molar-refractivity contribution in [3.63, 3.8) is 0 Å². The van der Waals surface area contributed by atoms with Gasteiger partial charge in [-0.3, -0.25) is 9.36 Å². The summed E-state index contributed by atoms with van der Waals surface area (Å²) in [5.74, 6) is -0.0711. The Hall–Kier alpha value is -2.96. The van der Waals surface area contributed by atoms with Crippen LogP contribution < -0.4 is 14.9 Å². The van der Waals surface area contributed by atoms with Crippen LogP contribution >= 0.6 is 22.9 Å².